The summed E-state index contributed by atoms with van der Waals surface area (Å²) in [5.41, 5.74) is -0.485. The first-order valence-electron chi connectivity index (χ1n) is 1.46. The van der Waals surface area contributed by atoms with E-state index in [0.717, 1.165) is 0 Å². The van der Waals surface area contributed by atoms with Gasteiger partial charge in [-0.1, -0.05) is 11.6 Å². The van der Waals surface area contributed by atoms with Crippen LogP contribution in [0.15, 0.2) is 0 Å². The van der Waals surface area contributed by atoms with Crippen LogP contribution in [0.1, 0.15) is 0 Å². The third-order valence-corrected chi connectivity index (χ3v) is 0.558. The molecule has 0 heterocycles. The topological polar surface area (TPSA) is 64.8 Å². The predicted octanol–water partition coefficient (Wildman–Crippen LogP) is 0.421. The van der Waals surface area contributed by atoms with Crippen molar-refractivity contribution in [1.82, 2.24) is 0 Å². The zero-order valence-corrected chi connectivity index (χ0v) is 4.12. The van der Waals surface area contributed by atoms with E-state index in [0.29, 0.717) is 0 Å². The van der Waals surface area contributed by atoms with Gasteiger partial charge in [-0.15, -0.1) is 0 Å². The van der Waals surface area contributed by atoms with Gasteiger partial charge in [0, 0.05) is 0 Å². The van der Waals surface area contributed by atoms with E-state index >= 15 is 0 Å². The summed E-state index contributed by atoms with van der Waals surface area (Å²) in [4.78, 5) is 9.50. The van der Waals surface area contributed by atoms with Gasteiger partial charge in [-0.2, -0.15) is 0 Å². The van der Waals surface area contributed by atoms with Crippen LogP contribution in [0.3, 0.4) is 0 Å². The van der Waals surface area contributed by atoms with Gasteiger partial charge in [-0.3, -0.25) is 15.6 Å². The standard InChI is InChI=1S/C3H3ClN2O/c4-3(6)2(5)1-7/h1,5-6H. The number of nitrogens with one attached hydrogen (secondary N) is 2. The molecule has 0 bridgehead atoms. The van der Waals surface area contributed by atoms with Crippen LogP contribution >= 0.6 is 11.6 Å². The average Bonchev–Trinajstić information content (AvgIpc) is 1.65. The van der Waals surface area contributed by atoms with E-state index in [1.54, 1.807) is 0 Å². The molecule has 0 aromatic carbocycles. The first kappa shape index (κ1) is 6.30. The molecular weight excluding hydrogens is 115 g/mol. The molecule has 0 saturated heterocycles. The smallest absolute Gasteiger partial charge is 0.170 e. The van der Waals surface area contributed by atoms with Gasteiger partial charge < -0.3 is 0 Å². The second kappa shape index (κ2) is 2.47. The molecule has 0 radical (unpaired) electrons. The molecule has 0 aromatic rings. The lowest BCUT2D eigenvalue weighted by Gasteiger charge is -1.79. The Hall–Kier alpha value is -0.700. The highest BCUT2D eigenvalue weighted by Crippen LogP contribution is 1.78. The monoisotopic (exact) mass is 118 g/mol. The van der Waals surface area contributed by atoms with Crippen molar-refractivity contribution < 1.29 is 4.79 Å². The molecule has 38 valence electrons. The summed E-state index contributed by atoms with van der Waals surface area (Å²) in [7, 11) is 0. The molecule has 0 atom stereocenters. The molecule has 0 aromatic heterocycles. The summed E-state index contributed by atoms with van der Waals surface area (Å²) in [6.07, 6.45) is 0.218. The Morgan fingerprint density at radius 1 is 1.57 bits per heavy atom. The Morgan fingerprint density at radius 3 is 2.00 bits per heavy atom. The van der Waals surface area contributed by atoms with E-state index in [1.807, 2.05) is 0 Å². The maximum atomic E-state index is 9.50. The Balaban J connectivity index is 3.81. The quantitative estimate of drug-likeness (QED) is 0.401. The highest BCUT2D eigenvalue weighted by molar-refractivity contribution is 6.89. The third kappa shape index (κ3) is 2.05. The van der Waals surface area contributed by atoms with Crippen LogP contribution in [-0.4, -0.2) is 17.2 Å². The minimum absolute atomic E-state index is 0.218. The number of carbonyl (C=O) groups excluding carboxylic acids is 1. The van der Waals surface area contributed by atoms with E-state index in [2.05, 4.69) is 0 Å². The molecule has 0 aliphatic rings. The summed E-state index contributed by atoms with van der Waals surface area (Å²) in [6, 6.07) is 0. The fourth-order valence-electron chi connectivity index (χ4n) is 0.0517. The lowest BCUT2D eigenvalue weighted by Crippen LogP contribution is -2.04. The molecule has 4 heteroatoms. The predicted molar refractivity (Wildman–Crippen MR) is 27.4 cm³/mol. The SMILES string of the molecule is N=C(Cl)C(=N)C=O. The van der Waals surface area contributed by atoms with Gasteiger partial charge in [0.15, 0.2) is 6.29 Å². The second-order valence-electron chi connectivity index (χ2n) is 0.846. The molecule has 0 unspecified atom stereocenters. The first-order chi connectivity index (χ1) is 3.18. The number of aldehydes is 1. The molecule has 0 spiro atoms. The van der Waals surface area contributed by atoms with Gasteiger partial charge in [-0.25, -0.2) is 0 Å². The Kier molecular flexibility index (Phi) is 2.22. The largest absolute Gasteiger partial charge is 0.296 e. The summed E-state index contributed by atoms with van der Waals surface area (Å²) >= 11 is 4.86. The van der Waals surface area contributed by atoms with Crippen molar-refractivity contribution in [1.29, 1.82) is 10.8 Å². The molecule has 2 N–H and O–H groups in total. The molecular formula is C3H3ClN2O. The Morgan fingerprint density at radius 2 is 2.00 bits per heavy atom. The molecule has 0 rings (SSSR count). The molecule has 0 fully saturated rings. The molecule has 0 amide bonds. The summed E-state index contributed by atoms with van der Waals surface area (Å²) < 4.78 is 0. The van der Waals surface area contributed by atoms with Crippen LogP contribution in [0, 0.1) is 10.8 Å². The summed E-state index contributed by atoms with van der Waals surface area (Å²) in [5.74, 6) is 0. The van der Waals surface area contributed by atoms with E-state index in [9.17, 15) is 4.79 Å². The lowest BCUT2D eigenvalue weighted by atomic mass is 10.5. The van der Waals surface area contributed by atoms with Crippen LogP contribution < -0.4 is 0 Å². The minimum Gasteiger partial charge on any atom is -0.296 e. The average molecular weight is 119 g/mol. The van der Waals surface area contributed by atoms with Crippen LogP contribution in [-0.2, 0) is 4.79 Å². The molecule has 0 aliphatic carbocycles. The van der Waals surface area contributed by atoms with Gasteiger partial charge in [0.2, 0.25) is 0 Å². The van der Waals surface area contributed by atoms with Crippen LogP contribution in [0.25, 0.3) is 0 Å². The van der Waals surface area contributed by atoms with Crippen molar-refractivity contribution in [2.75, 3.05) is 0 Å². The normalized spacial score (nSPS) is 7.57. The van der Waals surface area contributed by atoms with E-state index < -0.39 is 10.9 Å². The summed E-state index contributed by atoms with van der Waals surface area (Å²) in [5, 5.41) is 12.4. The van der Waals surface area contributed by atoms with Crippen molar-refractivity contribution in [3.63, 3.8) is 0 Å². The number of halogens is 1. The lowest BCUT2D eigenvalue weighted by molar-refractivity contribution is -0.102. The van der Waals surface area contributed by atoms with Crippen molar-refractivity contribution >= 4 is 28.8 Å². The number of hydrogen-bond donors (Lipinski definition) is 2. The maximum absolute atomic E-state index is 9.50. The number of carbonyl (C=O) groups is 1. The Labute approximate surface area is 45.3 Å². The zero-order valence-electron chi connectivity index (χ0n) is 3.36. The van der Waals surface area contributed by atoms with Crippen molar-refractivity contribution in [2.45, 2.75) is 0 Å². The Bertz CT molecular complexity index is 120. The van der Waals surface area contributed by atoms with Gasteiger partial charge in [0.1, 0.15) is 10.9 Å². The fourth-order valence-corrected chi connectivity index (χ4v) is 0.0963. The van der Waals surface area contributed by atoms with Crippen LogP contribution in [0.5, 0.6) is 0 Å². The van der Waals surface area contributed by atoms with Gasteiger partial charge in [0.25, 0.3) is 0 Å². The van der Waals surface area contributed by atoms with E-state index in [4.69, 9.17) is 22.4 Å². The number of rotatable bonds is 2. The van der Waals surface area contributed by atoms with Crippen LogP contribution in [0.2, 0.25) is 0 Å². The fraction of sp³-hybridized carbons (Fsp3) is 0. The van der Waals surface area contributed by atoms with Crippen molar-refractivity contribution in [2.24, 2.45) is 0 Å². The molecule has 0 saturated carbocycles. The van der Waals surface area contributed by atoms with E-state index in [-0.39, 0.29) is 6.29 Å². The van der Waals surface area contributed by atoms with E-state index in [1.165, 1.54) is 0 Å². The van der Waals surface area contributed by atoms with Gasteiger partial charge >= 0.3 is 0 Å². The highest BCUT2D eigenvalue weighted by Gasteiger charge is 1.94. The van der Waals surface area contributed by atoms with Gasteiger partial charge in [-0.05, 0) is 0 Å². The molecule has 3 nitrogen and oxygen atoms in total. The molecule has 7 heavy (non-hydrogen) atoms. The summed E-state index contributed by atoms with van der Waals surface area (Å²) in [6.45, 7) is 0. The minimum atomic E-state index is -0.519. The third-order valence-electron chi connectivity index (χ3n) is 0.354. The second-order valence-corrected chi connectivity index (χ2v) is 1.22. The van der Waals surface area contributed by atoms with Gasteiger partial charge in [0.05, 0.1) is 0 Å². The first-order valence-corrected chi connectivity index (χ1v) is 1.84. The van der Waals surface area contributed by atoms with Crippen molar-refractivity contribution in [3.8, 4) is 0 Å². The zero-order chi connectivity index (χ0) is 5.86. The number of hydrogen-bond acceptors (Lipinski definition) is 3. The van der Waals surface area contributed by atoms with Crippen molar-refractivity contribution in [3.05, 3.63) is 0 Å². The highest BCUT2D eigenvalue weighted by atomic mass is 35.5. The molecule has 0 aliphatic heterocycles. The van der Waals surface area contributed by atoms with Crippen LogP contribution in [0.4, 0.5) is 0 Å². The maximum Gasteiger partial charge on any atom is 0.170 e.